The first-order valence-corrected chi connectivity index (χ1v) is 10.6. The third-order valence-corrected chi connectivity index (χ3v) is 6.05. The first-order valence-electron chi connectivity index (χ1n) is 8.23. The van der Waals surface area contributed by atoms with Crippen LogP contribution >= 0.6 is 15.9 Å². The monoisotopic (exact) mass is 442 g/mol. The first kappa shape index (κ1) is 17.8. The van der Waals surface area contributed by atoms with Crippen molar-refractivity contribution >= 4 is 31.5 Å². The van der Waals surface area contributed by atoms with Gasteiger partial charge in [-0.1, -0.05) is 46.3 Å². The number of rotatable bonds is 5. The molecule has 0 radical (unpaired) electrons. The molecule has 136 valence electrons. The van der Waals surface area contributed by atoms with E-state index in [0.717, 1.165) is 11.0 Å². The minimum atomic E-state index is -3.49. The molecule has 1 aliphatic heterocycles. The highest BCUT2D eigenvalue weighted by atomic mass is 79.9. The van der Waals surface area contributed by atoms with Crippen LogP contribution in [0, 0.1) is 0 Å². The summed E-state index contributed by atoms with van der Waals surface area (Å²) in [6.07, 6.45) is 0. The van der Waals surface area contributed by atoms with Crippen LogP contribution in [0.3, 0.4) is 0 Å². The molecule has 0 atom stereocenters. The van der Waals surface area contributed by atoms with Crippen molar-refractivity contribution in [2.75, 3.05) is 0 Å². The van der Waals surface area contributed by atoms with Crippen molar-refractivity contribution in [1.82, 2.24) is 0 Å². The molecule has 3 aromatic carbocycles. The third-order valence-electron chi connectivity index (χ3n) is 4.08. The van der Waals surface area contributed by atoms with Crippen molar-refractivity contribution in [3.05, 3.63) is 93.8 Å². The fraction of sp³-hybridized carbons (Fsp3) is 0.0476. The van der Waals surface area contributed by atoms with E-state index in [4.69, 9.17) is 9.47 Å². The fourth-order valence-electron chi connectivity index (χ4n) is 2.75. The van der Waals surface area contributed by atoms with Crippen LogP contribution in [-0.4, -0.2) is 8.42 Å². The molecule has 0 unspecified atom stereocenters. The van der Waals surface area contributed by atoms with Crippen LogP contribution in [0.1, 0.15) is 11.1 Å². The van der Waals surface area contributed by atoms with Crippen LogP contribution in [0.15, 0.2) is 87.6 Å². The van der Waals surface area contributed by atoms with Gasteiger partial charge in [-0.2, -0.15) is 0 Å². The van der Waals surface area contributed by atoms with E-state index < -0.39 is 9.84 Å². The van der Waals surface area contributed by atoms with Crippen molar-refractivity contribution in [2.45, 2.75) is 11.5 Å². The lowest BCUT2D eigenvalue weighted by molar-refractivity contribution is 0.306. The minimum Gasteiger partial charge on any atom is -0.489 e. The van der Waals surface area contributed by atoms with Crippen molar-refractivity contribution in [1.29, 1.82) is 0 Å². The van der Waals surface area contributed by atoms with Crippen molar-refractivity contribution in [3.63, 3.8) is 0 Å². The normalized spacial score (nSPS) is 14.3. The Kier molecular flexibility index (Phi) is 4.76. The number of benzene rings is 3. The fourth-order valence-corrected chi connectivity index (χ4v) is 4.62. The molecule has 0 bridgehead atoms. The summed E-state index contributed by atoms with van der Waals surface area (Å²) in [5, 5.41) is 1.16. The number of halogens is 1. The maximum atomic E-state index is 12.3. The summed E-state index contributed by atoms with van der Waals surface area (Å²) in [6.45, 7) is 0.479. The molecular formula is C21H15BrO4S. The molecule has 0 aliphatic carbocycles. The lowest BCUT2D eigenvalue weighted by Gasteiger charge is -2.10. The van der Waals surface area contributed by atoms with E-state index in [1.54, 1.807) is 42.5 Å². The van der Waals surface area contributed by atoms with Gasteiger partial charge in [0.25, 0.3) is 0 Å². The average molecular weight is 443 g/mol. The van der Waals surface area contributed by atoms with Gasteiger partial charge in [-0.3, -0.25) is 0 Å². The van der Waals surface area contributed by atoms with E-state index in [2.05, 4.69) is 15.9 Å². The highest BCUT2D eigenvalue weighted by Gasteiger charge is 2.28. The summed E-state index contributed by atoms with van der Waals surface area (Å²) in [6, 6.07) is 22.1. The Morgan fingerprint density at radius 2 is 1.56 bits per heavy atom. The molecule has 0 aromatic heterocycles. The number of ether oxygens (including phenoxy) is 2. The molecule has 4 nitrogen and oxygen atoms in total. The Morgan fingerprint density at radius 3 is 2.30 bits per heavy atom. The van der Waals surface area contributed by atoms with Crippen LogP contribution in [0.2, 0.25) is 0 Å². The van der Waals surface area contributed by atoms with Gasteiger partial charge in [0.05, 0.1) is 10.3 Å². The standard InChI is InChI=1S/C21H15BrO4S/c22-16-6-11-19-20(14-27(23,24)21(19)12-16)26-18-9-7-17(8-10-18)25-13-15-4-2-1-3-5-15/h1-12,14H,13H2. The predicted octanol–water partition coefficient (Wildman–Crippen LogP) is 5.19. The topological polar surface area (TPSA) is 52.6 Å². The van der Waals surface area contributed by atoms with Crippen molar-refractivity contribution in [2.24, 2.45) is 0 Å². The Balaban J connectivity index is 1.48. The molecule has 27 heavy (non-hydrogen) atoms. The summed E-state index contributed by atoms with van der Waals surface area (Å²) < 4.78 is 36.8. The second-order valence-corrected chi connectivity index (χ2v) is 8.70. The van der Waals surface area contributed by atoms with Gasteiger partial charge in [0.2, 0.25) is 9.84 Å². The molecule has 6 heteroatoms. The molecule has 0 saturated heterocycles. The van der Waals surface area contributed by atoms with Crippen LogP contribution in [-0.2, 0) is 16.4 Å². The second kappa shape index (κ2) is 7.21. The van der Waals surface area contributed by atoms with E-state index in [-0.39, 0.29) is 4.90 Å². The highest BCUT2D eigenvalue weighted by Crippen LogP contribution is 2.36. The lowest BCUT2D eigenvalue weighted by atomic mass is 10.2. The lowest BCUT2D eigenvalue weighted by Crippen LogP contribution is -1.96. The number of fused-ring (bicyclic) bond motifs is 1. The van der Waals surface area contributed by atoms with Gasteiger partial charge >= 0.3 is 0 Å². The van der Waals surface area contributed by atoms with Gasteiger partial charge in [0, 0.05) is 10.0 Å². The molecule has 3 aromatic rings. The van der Waals surface area contributed by atoms with Crippen LogP contribution < -0.4 is 9.47 Å². The quantitative estimate of drug-likeness (QED) is 0.545. The number of hydrogen-bond donors (Lipinski definition) is 0. The van der Waals surface area contributed by atoms with E-state index in [9.17, 15) is 8.42 Å². The van der Waals surface area contributed by atoms with E-state index in [1.165, 1.54) is 0 Å². The molecule has 1 heterocycles. The molecule has 0 saturated carbocycles. The molecule has 1 aliphatic rings. The number of hydrogen-bond acceptors (Lipinski definition) is 4. The van der Waals surface area contributed by atoms with E-state index in [0.29, 0.717) is 33.9 Å². The van der Waals surface area contributed by atoms with Crippen LogP contribution in [0.5, 0.6) is 11.5 Å². The van der Waals surface area contributed by atoms with Gasteiger partial charge in [-0.25, -0.2) is 8.42 Å². The summed E-state index contributed by atoms with van der Waals surface area (Å²) in [7, 11) is -3.49. The van der Waals surface area contributed by atoms with Crippen molar-refractivity contribution in [3.8, 4) is 11.5 Å². The molecule has 4 rings (SSSR count). The molecule has 0 amide bonds. The Hall–Kier alpha value is -2.57. The SMILES string of the molecule is O=S1(=O)C=C(Oc2ccc(OCc3ccccc3)cc2)c2ccc(Br)cc21. The van der Waals surface area contributed by atoms with E-state index in [1.807, 2.05) is 30.3 Å². The summed E-state index contributed by atoms with van der Waals surface area (Å²) >= 11 is 3.30. The summed E-state index contributed by atoms with van der Waals surface area (Å²) in [4.78, 5) is 0.245. The maximum absolute atomic E-state index is 12.3. The molecular weight excluding hydrogens is 428 g/mol. The molecule has 0 fully saturated rings. The second-order valence-electron chi connectivity index (χ2n) is 6.02. The van der Waals surface area contributed by atoms with Crippen LogP contribution in [0.25, 0.3) is 5.76 Å². The first-order chi connectivity index (χ1) is 13.0. The van der Waals surface area contributed by atoms with Gasteiger partial charge in [-0.05, 0) is 48.0 Å². The summed E-state index contributed by atoms with van der Waals surface area (Å²) in [5.74, 6) is 1.57. The zero-order valence-electron chi connectivity index (χ0n) is 14.1. The van der Waals surface area contributed by atoms with Crippen LogP contribution in [0.4, 0.5) is 0 Å². The van der Waals surface area contributed by atoms with Gasteiger partial charge in [0.15, 0.2) is 0 Å². The largest absolute Gasteiger partial charge is 0.489 e. The zero-order valence-corrected chi connectivity index (χ0v) is 16.5. The predicted molar refractivity (Wildman–Crippen MR) is 107 cm³/mol. The van der Waals surface area contributed by atoms with E-state index >= 15 is 0 Å². The molecule has 0 spiro atoms. The Morgan fingerprint density at radius 1 is 0.852 bits per heavy atom. The minimum absolute atomic E-state index is 0.245. The van der Waals surface area contributed by atoms with Gasteiger partial charge in [0.1, 0.15) is 23.9 Å². The Labute approximate surface area is 166 Å². The number of sulfone groups is 1. The zero-order chi connectivity index (χ0) is 18.9. The maximum Gasteiger partial charge on any atom is 0.204 e. The Bertz CT molecular complexity index is 1100. The van der Waals surface area contributed by atoms with Gasteiger partial charge in [-0.15, -0.1) is 0 Å². The molecule has 0 N–H and O–H groups in total. The summed E-state index contributed by atoms with van der Waals surface area (Å²) in [5.41, 5.74) is 1.64. The van der Waals surface area contributed by atoms with Gasteiger partial charge < -0.3 is 9.47 Å². The van der Waals surface area contributed by atoms with Crippen molar-refractivity contribution < 1.29 is 17.9 Å². The third kappa shape index (κ3) is 3.91. The average Bonchev–Trinajstić information content (AvgIpc) is 2.91. The smallest absolute Gasteiger partial charge is 0.204 e. The highest BCUT2D eigenvalue weighted by molar-refractivity contribution is 9.10.